The van der Waals surface area contributed by atoms with Crippen molar-refractivity contribution in [2.75, 3.05) is 37.4 Å². The summed E-state index contributed by atoms with van der Waals surface area (Å²) in [6.45, 7) is 4.22. The van der Waals surface area contributed by atoms with Crippen molar-refractivity contribution >= 4 is 17.3 Å². The van der Waals surface area contributed by atoms with E-state index >= 15 is 0 Å². The monoisotopic (exact) mass is 289 g/mol. The van der Waals surface area contributed by atoms with Gasteiger partial charge in [-0.15, -0.1) is 0 Å². The van der Waals surface area contributed by atoms with Crippen molar-refractivity contribution in [3.05, 3.63) is 23.8 Å². The van der Waals surface area contributed by atoms with Crippen LogP contribution in [0.3, 0.4) is 0 Å². The minimum absolute atomic E-state index is 0.126. The molecule has 0 radical (unpaired) electrons. The third-order valence-electron chi connectivity index (χ3n) is 4.18. The predicted octanol–water partition coefficient (Wildman–Crippen LogP) is 2.78. The lowest BCUT2D eigenvalue weighted by atomic mass is 9.94. The van der Waals surface area contributed by atoms with Crippen molar-refractivity contribution in [1.82, 2.24) is 5.32 Å². The third kappa shape index (κ3) is 4.74. The van der Waals surface area contributed by atoms with Gasteiger partial charge in [0.1, 0.15) is 0 Å². The Hall–Kier alpha value is -1.55. The first-order valence-corrected chi connectivity index (χ1v) is 7.85. The van der Waals surface area contributed by atoms with Gasteiger partial charge in [0.15, 0.2) is 0 Å². The number of rotatable bonds is 5. The summed E-state index contributed by atoms with van der Waals surface area (Å²) in [7, 11) is 4.04. The second-order valence-corrected chi connectivity index (χ2v) is 6.19. The molecule has 1 saturated heterocycles. The van der Waals surface area contributed by atoms with Crippen LogP contribution in [-0.2, 0) is 4.79 Å². The van der Waals surface area contributed by atoms with E-state index in [-0.39, 0.29) is 5.91 Å². The van der Waals surface area contributed by atoms with Crippen LogP contribution >= 0.6 is 0 Å². The first kappa shape index (κ1) is 15.8. The lowest BCUT2D eigenvalue weighted by molar-refractivity contribution is -0.116. The van der Waals surface area contributed by atoms with Gasteiger partial charge in [0.2, 0.25) is 5.91 Å². The van der Waals surface area contributed by atoms with E-state index in [0.717, 1.165) is 36.4 Å². The maximum absolute atomic E-state index is 12.1. The SMILES string of the molecule is Cc1cc(N(C)C)ccc1NC(=O)CCC1CCCNC1. The van der Waals surface area contributed by atoms with Crippen LogP contribution in [-0.4, -0.2) is 33.1 Å². The van der Waals surface area contributed by atoms with Crippen LogP contribution in [0.5, 0.6) is 0 Å². The molecular formula is C17H27N3O. The molecule has 1 aliphatic heterocycles. The molecule has 1 aromatic rings. The largest absolute Gasteiger partial charge is 0.378 e. The van der Waals surface area contributed by atoms with Gasteiger partial charge in [-0.05, 0) is 69.0 Å². The van der Waals surface area contributed by atoms with Gasteiger partial charge in [-0.25, -0.2) is 0 Å². The number of piperidine rings is 1. The fraction of sp³-hybridized carbons (Fsp3) is 0.588. The fourth-order valence-corrected chi connectivity index (χ4v) is 2.78. The highest BCUT2D eigenvalue weighted by Gasteiger charge is 2.14. The molecule has 1 fully saturated rings. The van der Waals surface area contributed by atoms with Gasteiger partial charge < -0.3 is 15.5 Å². The number of benzene rings is 1. The Kier molecular flexibility index (Phi) is 5.62. The molecule has 0 saturated carbocycles. The lowest BCUT2D eigenvalue weighted by Gasteiger charge is -2.22. The van der Waals surface area contributed by atoms with Gasteiger partial charge in [-0.3, -0.25) is 4.79 Å². The fourth-order valence-electron chi connectivity index (χ4n) is 2.78. The van der Waals surface area contributed by atoms with Gasteiger partial charge in [0.25, 0.3) is 0 Å². The Bertz CT molecular complexity index is 479. The molecule has 1 atom stereocenters. The molecule has 4 nitrogen and oxygen atoms in total. The number of carbonyl (C=O) groups excluding carboxylic acids is 1. The van der Waals surface area contributed by atoms with Crippen LogP contribution in [0.4, 0.5) is 11.4 Å². The summed E-state index contributed by atoms with van der Waals surface area (Å²) >= 11 is 0. The molecule has 4 heteroatoms. The van der Waals surface area contributed by atoms with Gasteiger partial charge in [-0.2, -0.15) is 0 Å². The number of amides is 1. The Labute approximate surface area is 127 Å². The highest BCUT2D eigenvalue weighted by atomic mass is 16.1. The summed E-state index contributed by atoms with van der Waals surface area (Å²) in [5.41, 5.74) is 3.18. The average molecular weight is 289 g/mol. The lowest BCUT2D eigenvalue weighted by Crippen LogP contribution is -2.30. The molecule has 1 amide bonds. The zero-order chi connectivity index (χ0) is 15.2. The molecule has 0 aliphatic carbocycles. The Balaban J connectivity index is 1.84. The summed E-state index contributed by atoms with van der Waals surface area (Å²) in [5.74, 6) is 0.781. The number of nitrogens with one attached hydrogen (secondary N) is 2. The van der Waals surface area contributed by atoms with Crippen molar-refractivity contribution in [2.45, 2.75) is 32.6 Å². The van der Waals surface area contributed by atoms with Crippen molar-refractivity contribution in [1.29, 1.82) is 0 Å². The van der Waals surface area contributed by atoms with E-state index in [4.69, 9.17) is 0 Å². The molecule has 0 spiro atoms. The molecule has 116 valence electrons. The van der Waals surface area contributed by atoms with E-state index in [1.807, 2.05) is 33.2 Å². The van der Waals surface area contributed by atoms with E-state index in [0.29, 0.717) is 12.3 Å². The van der Waals surface area contributed by atoms with Crippen LogP contribution in [0.15, 0.2) is 18.2 Å². The second-order valence-electron chi connectivity index (χ2n) is 6.19. The summed E-state index contributed by atoms with van der Waals surface area (Å²) in [5, 5.41) is 6.44. The van der Waals surface area contributed by atoms with Gasteiger partial charge in [-0.1, -0.05) is 0 Å². The van der Waals surface area contributed by atoms with E-state index in [2.05, 4.69) is 21.6 Å². The number of aryl methyl sites for hydroxylation is 1. The third-order valence-corrected chi connectivity index (χ3v) is 4.18. The Morgan fingerprint density at radius 3 is 2.86 bits per heavy atom. The van der Waals surface area contributed by atoms with Crippen LogP contribution in [0, 0.1) is 12.8 Å². The maximum Gasteiger partial charge on any atom is 0.224 e. The van der Waals surface area contributed by atoms with Crippen molar-refractivity contribution < 1.29 is 4.79 Å². The van der Waals surface area contributed by atoms with Crippen LogP contribution in [0.2, 0.25) is 0 Å². The highest BCUT2D eigenvalue weighted by Crippen LogP contribution is 2.22. The standard InChI is InChI=1S/C17H27N3O/c1-13-11-15(20(2)3)7-8-16(13)19-17(21)9-6-14-5-4-10-18-12-14/h7-8,11,14,18H,4-6,9-10,12H2,1-3H3,(H,19,21). The molecule has 2 rings (SSSR count). The molecular weight excluding hydrogens is 262 g/mol. The smallest absolute Gasteiger partial charge is 0.224 e. The van der Waals surface area contributed by atoms with Crippen molar-refractivity contribution in [3.63, 3.8) is 0 Å². The molecule has 21 heavy (non-hydrogen) atoms. The quantitative estimate of drug-likeness (QED) is 0.876. The predicted molar refractivity (Wildman–Crippen MR) is 89.0 cm³/mol. The van der Waals surface area contributed by atoms with Gasteiger partial charge in [0.05, 0.1) is 0 Å². The van der Waals surface area contributed by atoms with E-state index in [1.165, 1.54) is 12.8 Å². The Morgan fingerprint density at radius 1 is 1.43 bits per heavy atom. The van der Waals surface area contributed by atoms with Gasteiger partial charge >= 0.3 is 0 Å². The molecule has 1 heterocycles. The first-order valence-electron chi connectivity index (χ1n) is 7.85. The van der Waals surface area contributed by atoms with E-state index < -0.39 is 0 Å². The number of nitrogens with zero attached hydrogens (tertiary/aromatic N) is 1. The van der Waals surface area contributed by atoms with Crippen LogP contribution in [0.25, 0.3) is 0 Å². The van der Waals surface area contributed by atoms with Crippen molar-refractivity contribution in [2.24, 2.45) is 5.92 Å². The normalized spacial score (nSPS) is 18.3. The van der Waals surface area contributed by atoms with Crippen LogP contribution < -0.4 is 15.5 Å². The number of anilines is 2. The highest BCUT2D eigenvalue weighted by molar-refractivity contribution is 5.91. The molecule has 0 aromatic heterocycles. The zero-order valence-corrected chi connectivity index (χ0v) is 13.4. The molecule has 1 aliphatic rings. The summed E-state index contributed by atoms with van der Waals surface area (Å²) < 4.78 is 0. The minimum Gasteiger partial charge on any atom is -0.378 e. The maximum atomic E-state index is 12.1. The zero-order valence-electron chi connectivity index (χ0n) is 13.4. The average Bonchev–Trinajstić information content (AvgIpc) is 2.48. The van der Waals surface area contributed by atoms with Crippen molar-refractivity contribution in [3.8, 4) is 0 Å². The molecule has 2 N–H and O–H groups in total. The van der Waals surface area contributed by atoms with Gasteiger partial charge in [0, 0.05) is 31.9 Å². The van der Waals surface area contributed by atoms with E-state index in [9.17, 15) is 4.79 Å². The van der Waals surface area contributed by atoms with E-state index in [1.54, 1.807) is 0 Å². The minimum atomic E-state index is 0.126. The molecule has 1 aromatic carbocycles. The summed E-state index contributed by atoms with van der Waals surface area (Å²) in [6.07, 6.45) is 4.07. The second kappa shape index (κ2) is 7.46. The number of hydrogen-bond donors (Lipinski definition) is 2. The van der Waals surface area contributed by atoms with Crippen LogP contribution in [0.1, 0.15) is 31.2 Å². The molecule has 1 unspecified atom stereocenters. The number of hydrogen-bond acceptors (Lipinski definition) is 3. The Morgan fingerprint density at radius 2 is 2.24 bits per heavy atom. The number of carbonyl (C=O) groups is 1. The topological polar surface area (TPSA) is 44.4 Å². The summed E-state index contributed by atoms with van der Waals surface area (Å²) in [6, 6.07) is 6.12. The summed E-state index contributed by atoms with van der Waals surface area (Å²) in [4.78, 5) is 14.1. The molecule has 0 bridgehead atoms. The first-order chi connectivity index (χ1) is 10.1.